The quantitative estimate of drug-likeness (QED) is 0.676. The van der Waals surface area contributed by atoms with Crippen molar-refractivity contribution in [1.29, 1.82) is 0 Å². The Hall–Kier alpha value is -1.27. The molecule has 26 heavy (non-hydrogen) atoms. The second kappa shape index (κ2) is 9.60. The zero-order valence-corrected chi connectivity index (χ0v) is 17.2. The fraction of sp³-hybridized carbons (Fsp3) is 0.750. The predicted molar refractivity (Wildman–Crippen MR) is 107 cm³/mol. The third-order valence-electron chi connectivity index (χ3n) is 5.46. The molecule has 3 rings (SSSR count). The number of amides is 2. The Labute approximate surface area is 161 Å². The molecule has 0 unspecified atom stereocenters. The van der Waals surface area contributed by atoms with Crippen LogP contribution in [0.15, 0.2) is 6.07 Å². The first-order valence-electron chi connectivity index (χ1n) is 10.2. The summed E-state index contributed by atoms with van der Waals surface area (Å²) < 4.78 is 6.01. The van der Waals surface area contributed by atoms with Crippen LogP contribution in [0, 0.1) is 0 Å². The molecule has 0 bridgehead atoms. The summed E-state index contributed by atoms with van der Waals surface area (Å²) in [6.45, 7) is 11.6. The van der Waals surface area contributed by atoms with Crippen LogP contribution in [0.25, 0.3) is 0 Å². The van der Waals surface area contributed by atoms with Gasteiger partial charge in [0, 0.05) is 37.6 Å². The van der Waals surface area contributed by atoms with Crippen molar-refractivity contribution in [2.45, 2.75) is 52.5 Å². The van der Waals surface area contributed by atoms with Crippen LogP contribution < -0.4 is 4.74 Å². The Bertz CT molecular complexity index is 580. The van der Waals surface area contributed by atoms with Crippen molar-refractivity contribution in [3.05, 3.63) is 16.5 Å². The molecule has 1 fully saturated rings. The number of thiophene rings is 1. The van der Waals surface area contributed by atoms with Gasteiger partial charge in [0.05, 0.1) is 6.61 Å². The largest absolute Gasteiger partial charge is 0.484 e. The van der Waals surface area contributed by atoms with Gasteiger partial charge in [0.2, 0.25) is 0 Å². The van der Waals surface area contributed by atoms with Gasteiger partial charge in [-0.2, -0.15) is 0 Å². The van der Waals surface area contributed by atoms with E-state index in [1.54, 1.807) is 11.3 Å². The van der Waals surface area contributed by atoms with E-state index in [4.69, 9.17) is 4.74 Å². The number of carbonyl (C=O) groups is 1. The number of nitrogens with zero attached hydrogens (tertiary/aromatic N) is 3. The number of likely N-dealkylation sites (tertiary alicyclic amines) is 1. The molecule has 2 aliphatic heterocycles. The summed E-state index contributed by atoms with van der Waals surface area (Å²) in [6.07, 6.45) is 6.13. The highest BCUT2D eigenvalue weighted by Crippen LogP contribution is 2.33. The van der Waals surface area contributed by atoms with Crippen LogP contribution in [0.3, 0.4) is 0 Å². The van der Waals surface area contributed by atoms with Gasteiger partial charge < -0.3 is 19.4 Å². The number of urea groups is 1. The number of rotatable bonds is 7. The number of fused-ring (bicyclic) bond motifs is 1. The zero-order valence-electron chi connectivity index (χ0n) is 16.3. The van der Waals surface area contributed by atoms with Crippen LogP contribution in [0.1, 0.15) is 50.0 Å². The molecule has 0 aliphatic carbocycles. The average molecular weight is 380 g/mol. The van der Waals surface area contributed by atoms with Crippen LogP contribution in [0.2, 0.25) is 0 Å². The van der Waals surface area contributed by atoms with Gasteiger partial charge in [-0.1, -0.05) is 6.42 Å². The molecular formula is C20H33N3O2S. The summed E-state index contributed by atoms with van der Waals surface area (Å²) in [5, 5.41) is 1.02. The van der Waals surface area contributed by atoms with Crippen molar-refractivity contribution in [2.24, 2.45) is 0 Å². The van der Waals surface area contributed by atoms with Crippen molar-refractivity contribution in [1.82, 2.24) is 14.7 Å². The van der Waals surface area contributed by atoms with E-state index >= 15 is 0 Å². The molecule has 6 heteroatoms. The van der Waals surface area contributed by atoms with Crippen molar-refractivity contribution < 1.29 is 9.53 Å². The first kappa shape index (κ1) is 19.5. The minimum absolute atomic E-state index is 0.163. The SMILES string of the molecule is CCN(CC)C(=O)N1CCc2sc(OCCCN3CCCCC3)cc2C1. The second-order valence-electron chi connectivity index (χ2n) is 7.24. The summed E-state index contributed by atoms with van der Waals surface area (Å²) in [5.74, 6) is 0. The molecule has 0 saturated carbocycles. The monoisotopic (exact) mass is 379 g/mol. The van der Waals surface area contributed by atoms with E-state index in [-0.39, 0.29) is 6.03 Å². The molecule has 0 spiro atoms. The molecule has 3 heterocycles. The van der Waals surface area contributed by atoms with Gasteiger partial charge in [-0.25, -0.2) is 4.79 Å². The van der Waals surface area contributed by atoms with Gasteiger partial charge in [-0.05, 0) is 64.3 Å². The first-order chi connectivity index (χ1) is 12.7. The zero-order chi connectivity index (χ0) is 18.4. The molecule has 0 N–H and O–H groups in total. The molecule has 1 aromatic heterocycles. The predicted octanol–water partition coefficient (Wildman–Crippen LogP) is 3.82. The van der Waals surface area contributed by atoms with Gasteiger partial charge in [0.15, 0.2) is 5.06 Å². The maximum Gasteiger partial charge on any atom is 0.320 e. The lowest BCUT2D eigenvalue weighted by molar-refractivity contribution is 0.152. The summed E-state index contributed by atoms with van der Waals surface area (Å²) in [7, 11) is 0. The van der Waals surface area contributed by atoms with Gasteiger partial charge >= 0.3 is 6.03 Å². The fourth-order valence-electron chi connectivity index (χ4n) is 3.88. The molecule has 146 valence electrons. The average Bonchev–Trinajstić information content (AvgIpc) is 3.09. The molecule has 1 saturated heterocycles. The number of hydrogen-bond acceptors (Lipinski definition) is 4. The summed E-state index contributed by atoms with van der Waals surface area (Å²) in [4.78, 5) is 20.4. The Kier molecular flexibility index (Phi) is 7.20. The second-order valence-corrected chi connectivity index (χ2v) is 8.34. The van der Waals surface area contributed by atoms with E-state index in [2.05, 4.69) is 11.0 Å². The topological polar surface area (TPSA) is 36.0 Å². The maximum absolute atomic E-state index is 12.6. The molecule has 5 nitrogen and oxygen atoms in total. The maximum atomic E-state index is 12.6. The van der Waals surface area contributed by atoms with Crippen LogP contribution in [0.4, 0.5) is 4.79 Å². The number of carbonyl (C=O) groups excluding carboxylic acids is 1. The molecule has 0 aromatic carbocycles. The van der Waals surface area contributed by atoms with E-state index in [0.29, 0.717) is 0 Å². The van der Waals surface area contributed by atoms with Crippen molar-refractivity contribution >= 4 is 17.4 Å². The van der Waals surface area contributed by atoms with Crippen LogP contribution in [-0.4, -0.2) is 66.6 Å². The summed E-state index contributed by atoms with van der Waals surface area (Å²) in [6, 6.07) is 2.32. The lowest BCUT2D eigenvalue weighted by Gasteiger charge is -2.31. The fourth-order valence-corrected chi connectivity index (χ4v) is 4.91. The molecule has 0 atom stereocenters. The van der Waals surface area contributed by atoms with E-state index in [9.17, 15) is 4.79 Å². The third kappa shape index (κ3) is 4.92. The first-order valence-corrected chi connectivity index (χ1v) is 11.0. The van der Waals surface area contributed by atoms with E-state index in [0.717, 1.165) is 57.2 Å². The Morgan fingerprint density at radius 1 is 1.19 bits per heavy atom. The van der Waals surface area contributed by atoms with Crippen LogP contribution in [-0.2, 0) is 13.0 Å². The summed E-state index contributed by atoms with van der Waals surface area (Å²) in [5.41, 5.74) is 1.27. The highest BCUT2D eigenvalue weighted by molar-refractivity contribution is 7.14. The standard InChI is InChI=1S/C20H33N3O2S/c1-3-22(4-2)20(24)23-13-9-18-17(16-23)15-19(26-18)25-14-8-12-21-10-6-5-7-11-21/h15H,3-14,16H2,1-2H3. The number of piperidine rings is 1. The van der Waals surface area contributed by atoms with Crippen molar-refractivity contribution in [2.75, 3.05) is 45.9 Å². The van der Waals surface area contributed by atoms with E-state index in [1.165, 1.54) is 42.8 Å². The van der Waals surface area contributed by atoms with E-state index < -0.39 is 0 Å². The molecule has 0 radical (unpaired) electrons. The molecular weight excluding hydrogens is 346 g/mol. The van der Waals surface area contributed by atoms with E-state index in [1.807, 2.05) is 23.6 Å². The van der Waals surface area contributed by atoms with Crippen LogP contribution >= 0.6 is 11.3 Å². The van der Waals surface area contributed by atoms with Gasteiger partial charge in [-0.15, -0.1) is 11.3 Å². The highest BCUT2D eigenvalue weighted by atomic mass is 32.1. The molecule has 2 aliphatic rings. The number of ether oxygens (including phenoxy) is 1. The van der Waals surface area contributed by atoms with Gasteiger partial charge in [0.1, 0.15) is 0 Å². The summed E-state index contributed by atoms with van der Waals surface area (Å²) >= 11 is 1.77. The number of hydrogen-bond donors (Lipinski definition) is 0. The van der Waals surface area contributed by atoms with Crippen molar-refractivity contribution in [3.63, 3.8) is 0 Å². The lowest BCUT2D eigenvalue weighted by atomic mass is 10.1. The Morgan fingerprint density at radius 2 is 1.96 bits per heavy atom. The lowest BCUT2D eigenvalue weighted by Crippen LogP contribution is -2.44. The molecule has 1 aromatic rings. The smallest absolute Gasteiger partial charge is 0.320 e. The van der Waals surface area contributed by atoms with Crippen LogP contribution in [0.5, 0.6) is 5.06 Å². The van der Waals surface area contributed by atoms with Gasteiger partial charge in [0.25, 0.3) is 0 Å². The normalized spacial score (nSPS) is 17.8. The Morgan fingerprint density at radius 3 is 2.69 bits per heavy atom. The molecule has 2 amide bonds. The van der Waals surface area contributed by atoms with Crippen molar-refractivity contribution in [3.8, 4) is 5.06 Å². The van der Waals surface area contributed by atoms with Gasteiger partial charge in [-0.3, -0.25) is 0 Å². The Balaban J connectivity index is 1.45. The highest BCUT2D eigenvalue weighted by Gasteiger charge is 2.25. The minimum atomic E-state index is 0.163. The minimum Gasteiger partial charge on any atom is -0.484 e. The third-order valence-corrected chi connectivity index (χ3v) is 6.61.